The van der Waals surface area contributed by atoms with Crippen molar-refractivity contribution in [2.24, 2.45) is 0 Å². The van der Waals surface area contributed by atoms with Crippen molar-refractivity contribution in [2.45, 2.75) is 13.0 Å². The third-order valence-electron chi connectivity index (χ3n) is 4.08. The zero-order chi connectivity index (χ0) is 19.2. The highest BCUT2D eigenvalue weighted by atomic mass is 32.1. The van der Waals surface area contributed by atoms with Crippen LogP contribution in [0.4, 0.5) is 4.39 Å². The van der Waals surface area contributed by atoms with Crippen LogP contribution in [0.1, 0.15) is 5.56 Å². The van der Waals surface area contributed by atoms with E-state index >= 15 is 0 Å². The molecule has 27 heavy (non-hydrogen) atoms. The van der Waals surface area contributed by atoms with Crippen LogP contribution in [0, 0.1) is 10.6 Å². The molecular weight excluding hydrogens is 367 g/mol. The van der Waals surface area contributed by atoms with Crippen molar-refractivity contribution >= 4 is 18.1 Å². The summed E-state index contributed by atoms with van der Waals surface area (Å²) in [6, 6.07) is 13.8. The van der Waals surface area contributed by atoms with Gasteiger partial charge in [-0.25, -0.2) is 4.39 Å². The van der Waals surface area contributed by atoms with Crippen LogP contribution in [0.2, 0.25) is 0 Å². The van der Waals surface area contributed by atoms with E-state index in [1.54, 1.807) is 29.9 Å². The minimum absolute atomic E-state index is 0.0218. The lowest BCUT2D eigenvalue weighted by atomic mass is 10.1. The smallest absolute Gasteiger partial charge is 0.240 e. The Morgan fingerprint density at radius 3 is 2.70 bits per heavy atom. The van der Waals surface area contributed by atoms with Gasteiger partial charge in [0.1, 0.15) is 18.1 Å². The largest absolute Gasteiger partial charge is 0.497 e. The molecule has 0 aliphatic rings. The van der Waals surface area contributed by atoms with Gasteiger partial charge in [0.2, 0.25) is 5.91 Å². The number of halogens is 1. The van der Waals surface area contributed by atoms with E-state index in [1.165, 1.54) is 6.07 Å². The fraction of sp³-hybridized carbons (Fsp3) is 0.211. The first-order chi connectivity index (χ1) is 13.1. The van der Waals surface area contributed by atoms with Crippen molar-refractivity contribution in [3.05, 3.63) is 64.7 Å². The average Bonchev–Trinajstić information content (AvgIpc) is 3.04. The molecule has 2 aromatic carbocycles. The van der Waals surface area contributed by atoms with Crippen molar-refractivity contribution in [1.82, 2.24) is 20.1 Å². The molecular formula is C19H19FN4O2S. The minimum atomic E-state index is -0.273. The van der Waals surface area contributed by atoms with Gasteiger partial charge in [0.05, 0.1) is 7.11 Å². The number of aromatic nitrogens is 3. The molecule has 1 aromatic heterocycles. The molecule has 0 saturated heterocycles. The van der Waals surface area contributed by atoms with Crippen molar-refractivity contribution in [1.29, 1.82) is 0 Å². The second kappa shape index (κ2) is 8.59. The van der Waals surface area contributed by atoms with Crippen molar-refractivity contribution < 1.29 is 13.9 Å². The van der Waals surface area contributed by atoms with Crippen LogP contribution in [0.3, 0.4) is 0 Å². The van der Waals surface area contributed by atoms with E-state index in [0.717, 1.165) is 11.3 Å². The Hall–Kier alpha value is -3.00. The predicted octanol–water partition coefficient (Wildman–Crippen LogP) is 3.11. The topological polar surface area (TPSA) is 71.9 Å². The van der Waals surface area contributed by atoms with Crippen molar-refractivity contribution in [2.75, 3.05) is 13.7 Å². The summed E-state index contributed by atoms with van der Waals surface area (Å²) in [6.07, 6.45) is 0.417. The molecule has 3 aromatic rings. The van der Waals surface area contributed by atoms with Gasteiger partial charge in [-0.1, -0.05) is 18.2 Å². The first kappa shape index (κ1) is 18.8. The SMILES string of the molecule is COc1ccc(-c2n[nH]c(=S)n2CC(=O)NCCc2ccccc2F)cc1. The number of amides is 1. The fourth-order valence-corrected chi connectivity index (χ4v) is 2.86. The highest BCUT2D eigenvalue weighted by molar-refractivity contribution is 7.71. The second-order valence-corrected chi connectivity index (χ2v) is 6.25. The van der Waals surface area contributed by atoms with E-state index in [0.29, 0.717) is 29.1 Å². The molecule has 8 heteroatoms. The Labute approximate surface area is 161 Å². The molecule has 0 bridgehead atoms. The van der Waals surface area contributed by atoms with E-state index in [-0.39, 0.29) is 18.3 Å². The van der Waals surface area contributed by atoms with Crippen LogP contribution in [0.5, 0.6) is 5.75 Å². The van der Waals surface area contributed by atoms with Crippen LogP contribution >= 0.6 is 12.2 Å². The Morgan fingerprint density at radius 2 is 2.00 bits per heavy atom. The molecule has 0 aliphatic carbocycles. The maximum absolute atomic E-state index is 13.6. The zero-order valence-corrected chi connectivity index (χ0v) is 15.6. The number of carbonyl (C=O) groups is 1. The van der Waals surface area contributed by atoms with Crippen LogP contribution in [-0.2, 0) is 17.8 Å². The Morgan fingerprint density at radius 1 is 1.26 bits per heavy atom. The number of carbonyl (C=O) groups excluding carboxylic acids is 1. The van der Waals surface area contributed by atoms with Gasteiger partial charge in [-0.15, -0.1) is 0 Å². The van der Waals surface area contributed by atoms with Gasteiger partial charge in [0, 0.05) is 12.1 Å². The number of benzene rings is 2. The molecule has 0 radical (unpaired) electrons. The van der Waals surface area contributed by atoms with Crippen molar-refractivity contribution in [3.63, 3.8) is 0 Å². The molecule has 2 N–H and O–H groups in total. The number of H-pyrrole nitrogens is 1. The van der Waals surface area contributed by atoms with Gasteiger partial charge in [-0.05, 0) is 54.5 Å². The number of hydrogen-bond donors (Lipinski definition) is 2. The molecule has 0 unspecified atom stereocenters. The lowest BCUT2D eigenvalue weighted by Crippen LogP contribution is -2.29. The van der Waals surface area contributed by atoms with E-state index in [9.17, 15) is 9.18 Å². The second-order valence-electron chi connectivity index (χ2n) is 5.86. The van der Waals surface area contributed by atoms with E-state index in [1.807, 2.05) is 24.3 Å². The first-order valence-electron chi connectivity index (χ1n) is 8.38. The fourth-order valence-electron chi connectivity index (χ4n) is 2.66. The molecule has 3 rings (SSSR count). The van der Waals surface area contributed by atoms with Gasteiger partial charge in [0.25, 0.3) is 0 Å². The average molecular weight is 386 g/mol. The molecule has 0 aliphatic heterocycles. The number of hydrogen-bond acceptors (Lipinski definition) is 4. The molecule has 0 atom stereocenters. The normalized spacial score (nSPS) is 10.6. The predicted molar refractivity (Wildman–Crippen MR) is 103 cm³/mol. The summed E-state index contributed by atoms with van der Waals surface area (Å²) in [7, 11) is 1.59. The molecule has 0 fully saturated rings. The molecule has 0 saturated carbocycles. The lowest BCUT2D eigenvalue weighted by molar-refractivity contribution is -0.121. The third kappa shape index (κ3) is 4.59. The van der Waals surface area contributed by atoms with E-state index in [2.05, 4.69) is 15.5 Å². The summed E-state index contributed by atoms with van der Waals surface area (Å²) >= 11 is 5.24. The monoisotopic (exact) mass is 386 g/mol. The van der Waals surface area contributed by atoms with Crippen LogP contribution in [0.15, 0.2) is 48.5 Å². The summed E-state index contributed by atoms with van der Waals surface area (Å²) in [5, 5.41) is 9.71. The maximum atomic E-state index is 13.6. The summed E-state index contributed by atoms with van der Waals surface area (Å²) in [5.41, 5.74) is 1.37. The number of methoxy groups -OCH3 is 1. The zero-order valence-electron chi connectivity index (χ0n) is 14.7. The quantitative estimate of drug-likeness (QED) is 0.612. The molecule has 6 nitrogen and oxygen atoms in total. The summed E-state index contributed by atoms with van der Waals surface area (Å²) in [6.45, 7) is 0.358. The third-order valence-corrected chi connectivity index (χ3v) is 4.39. The number of aromatic amines is 1. The molecule has 1 heterocycles. The van der Waals surface area contributed by atoms with Crippen molar-refractivity contribution in [3.8, 4) is 17.1 Å². The maximum Gasteiger partial charge on any atom is 0.240 e. The van der Waals surface area contributed by atoms with Crippen LogP contribution in [0.25, 0.3) is 11.4 Å². The van der Waals surface area contributed by atoms with E-state index in [4.69, 9.17) is 17.0 Å². The van der Waals surface area contributed by atoms with Gasteiger partial charge in [-0.3, -0.25) is 14.5 Å². The van der Waals surface area contributed by atoms with Gasteiger partial charge >= 0.3 is 0 Å². The summed E-state index contributed by atoms with van der Waals surface area (Å²) in [4.78, 5) is 12.3. The van der Waals surface area contributed by atoms with Crippen LogP contribution in [-0.4, -0.2) is 34.3 Å². The number of nitrogens with one attached hydrogen (secondary N) is 2. The lowest BCUT2D eigenvalue weighted by Gasteiger charge is -2.09. The molecule has 140 valence electrons. The molecule has 0 spiro atoms. The van der Waals surface area contributed by atoms with Gasteiger partial charge in [-0.2, -0.15) is 5.10 Å². The van der Waals surface area contributed by atoms with E-state index < -0.39 is 0 Å². The number of rotatable bonds is 7. The first-order valence-corrected chi connectivity index (χ1v) is 8.79. The Kier molecular flexibility index (Phi) is 5.97. The number of ether oxygens (including phenoxy) is 1. The standard InChI is InChI=1S/C19H19FN4O2S/c1-26-15-8-6-14(7-9-15)18-22-23-19(27)24(18)12-17(25)21-11-10-13-4-2-3-5-16(13)20/h2-9H,10-12H2,1H3,(H,21,25)(H,23,27). The highest BCUT2D eigenvalue weighted by Crippen LogP contribution is 2.20. The highest BCUT2D eigenvalue weighted by Gasteiger charge is 2.12. The Bertz CT molecular complexity index is 982. The summed E-state index contributed by atoms with van der Waals surface area (Å²) in [5.74, 6) is 0.793. The summed E-state index contributed by atoms with van der Waals surface area (Å²) < 4.78 is 20.7. The van der Waals surface area contributed by atoms with Gasteiger partial charge in [0.15, 0.2) is 10.6 Å². The minimum Gasteiger partial charge on any atom is -0.497 e. The number of nitrogens with zero attached hydrogens (tertiary/aromatic N) is 2. The van der Waals surface area contributed by atoms with Crippen LogP contribution < -0.4 is 10.1 Å². The Balaban J connectivity index is 1.65. The van der Waals surface area contributed by atoms with Gasteiger partial charge < -0.3 is 10.1 Å². The molecule has 1 amide bonds.